The van der Waals surface area contributed by atoms with Gasteiger partial charge in [-0.05, 0) is 18.5 Å². The summed E-state index contributed by atoms with van der Waals surface area (Å²) in [5, 5.41) is -3.74. The Bertz CT molecular complexity index is 171. The normalized spacial score (nSPS) is 17.3. The molecule has 0 amide bonds. The first-order chi connectivity index (χ1) is 4.31. The van der Waals surface area contributed by atoms with Crippen LogP contribution in [0.3, 0.4) is 0 Å². The van der Waals surface area contributed by atoms with Crippen LogP contribution >= 0.6 is 23.2 Å². The minimum Gasteiger partial charge on any atom is -0.211 e. The third-order valence-electron chi connectivity index (χ3n) is 0.773. The molecule has 6 heteroatoms. The SMILES string of the molecule is CC(Cl)(N=C=O)C(F)(F)Cl. The quantitative estimate of drug-likeness (QED) is 0.283. The highest BCUT2D eigenvalue weighted by atomic mass is 35.5. The molecule has 0 aliphatic rings. The summed E-state index contributed by atoms with van der Waals surface area (Å²) in [6, 6.07) is 0. The number of hydrogen-bond donors (Lipinski definition) is 0. The van der Waals surface area contributed by atoms with Crippen molar-refractivity contribution in [1.29, 1.82) is 0 Å². The smallest absolute Gasteiger partial charge is 0.211 e. The molecular formula is C4H3Cl2F2NO. The third-order valence-corrected chi connectivity index (χ3v) is 1.56. The van der Waals surface area contributed by atoms with Crippen LogP contribution in [0, 0.1) is 0 Å². The minimum absolute atomic E-state index is 0.812. The van der Waals surface area contributed by atoms with Gasteiger partial charge in [0.15, 0.2) is 0 Å². The van der Waals surface area contributed by atoms with Crippen molar-refractivity contribution in [3.05, 3.63) is 0 Å². The summed E-state index contributed by atoms with van der Waals surface area (Å²) in [5.74, 6) is 0. The Morgan fingerprint density at radius 1 is 1.50 bits per heavy atom. The second-order valence-corrected chi connectivity index (χ2v) is 2.86. The van der Waals surface area contributed by atoms with E-state index in [1.165, 1.54) is 0 Å². The first-order valence-electron chi connectivity index (χ1n) is 2.16. The molecule has 2 nitrogen and oxygen atoms in total. The van der Waals surface area contributed by atoms with Crippen LogP contribution in [0.15, 0.2) is 4.99 Å². The van der Waals surface area contributed by atoms with E-state index >= 15 is 0 Å². The third kappa shape index (κ3) is 2.21. The summed E-state index contributed by atoms with van der Waals surface area (Å²) >= 11 is 9.47. The van der Waals surface area contributed by atoms with E-state index in [9.17, 15) is 13.6 Å². The van der Waals surface area contributed by atoms with Crippen LogP contribution in [-0.2, 0) is 4.79 Å². The molecule has 0 bridgehead atoms. The maximum Gasteiger partial charge on any atom is 0.360 e. The zero-order valence-electron chi connectivity index (χ0n) is 4.87. The van der Waals surface area contributed by atoms with Gasteiger partial charge in [-0.2, -0.15) is 13.8 Å². The number of halogens is 4. The van der Waals surface area contributed by atoms with Gasteiger partial charge < -0.3 is 0 Å². The van der Waals surface area contributed by atoms with Crippen molar-refractivity contribution in [1.82, 2.24) is 0 Å². The van der Waals surface area contributed by atoms with Gasteiger partial charge in [-0.1, -0.05) is 11.6 Å². The van der Waals surface area contributed by atoms with Gasteiger partial charge in [0.1, 0.15) is 0 Å². The highest BCUT2D eigenvalue weighted by molar-refractivity contribution is 6.33. The van der Waals surface area contributed by atoms with E-state index < -0.39 is 10.4 Å². The fourth-order valence-electron chi connectivity index (χ4n) is 0.149. The van der Waals surface area contributed by atoms with E-state index in [0.29, 0.717) is 0 Å². The number of isocyanates is 1. The molecule has 0 fully saturated rings. The molecule has 0 radical (unpaired) electrons. The van der Waals surface area contributed by atoms with E-state index in [0.717, 1.165) is 13.0 Å². The van der Waals surface area contributed by atoms with Gasteiger partial charge >= 0.3 is 5.38 Å². The lowest BCUT2D eigenvalue weighted by molar-refractivity contribution is 0.0557. The minimum atomic E-state index is -3.74. The monoisotopic (exact) mass is 189 g/mol. The molecule has 0 saturated carbocycles. The molecule has 10 heavy (non-hydrogen) atoms. The molecule has 1 atom stereocenters. The van der Waals surface area contributed by atoms with Crippen LogP contribution in [0.25, 0.3) is 0 Å². The van der Waals surface area contributed by atoms with E-state index in [4.69, 9.17) is 11.6 Å². The zero-order chi connectivity index (χ0) is 8.41. The van der Waals surface area contributed by atoms with Crippen molar-refractivity contribution in [3.63, 3.8) is 0 Å². The molecule has 1 unspecified atom stereocenters. The second kappa shape index (κ2) is 2.82. The van der Waals surface area contributed by atoms with E-state index in [1.807, 2.05) is 0 Å². The summed E-state index contributed by atoms with van der Waals surface area (Å²) in [5.41, 5.74) is 0. The van der Waals surface area contributed by atoms with Crippen molar-refractivity contribution in [2.24, 2.45) is 4.99 Å². The van der Waals surface area contributed by atoms with Gasteiger partial charge in [0.25, 0.3) is 0 Å². The second-order valence-electron chi connectivity index (χ2n) is 1.65. The Labute approximate surface area is 65.8 Å². The number of nitrogens with zero attached hydrogens (tertiary/aromatic N) is 1. The van der Waals surface area contributed by atoms with Gasteiger partial charge in [0.05, 0.1) is 0 Å². The van der Waals surface area contributed by atoms with Gasteiger partial charge in [-0.15, -0.1) is 0 Å². The molecule has 0 rings (SSSR count). The molecule has 0 aliphatic heterocycles. The molecule has 0 aliphatic carbocycles. The van der Waals surface area contributed by atoms with E-state index in [1.54, 1.807) is 0 Å². The summed E-state index contributed by atoms with van der Waals surface area (Å²) in [7, 11) is 0. The summed E-state index contributed by atoms with van der Waals surface area (Å²) in [4.78, 5) is 9.70. The maximum atomic E-state index is 12.0. The van der Waals surface area contributed by atoms with Gasteiger partial charge in [0, 0.05) is 0 Å². The number of alkyl halides is 4. The maximum absolute atomic E-state index is 12.0. The highest BCUT2D eigenvalue weighted by Crippen LogP contribution is 2.38. The Morgan fingerprint density at radius 2 is 1.90 bits per heavy atom. The molecule has 0 saturated heterocycles. The lowest BCUT2D eigenvalue weighted by atomic mass is 10.4. The summed E-state index contributed by atoms with van der Waals surface area (Å²) in [6.45, 7) is 0.812. The van der Waals surface area contributed by atoms with Crippen LogP contribution in [0.5, 0.6) is 0 Å². The summed E-state index contributed by atoms with van der Waals surface area (Å²) < 4.78 is 24.1. The largest absolute Gasteiger partial charge is 0.360 e. The van der Waals surface area contributed by atoms with Gasteiger partial charge in [-0.3, -0.25) is 0 Å². The van der Waals surface area contributed by atoms with Crippen LogP contribution < -0.4 is 0 Å². The number of rotatable bonds is 2. The van der Waals surface area contributed by atoms with E-state index in [-0.39, 0.29) is 0 Å². The average Bonchev–Trinajstić information content (AvgIpc) is 1.61. The standard InChI is InChI=1S/C4H3Cl2F2NO/c1-3(5,9-2-10)4(6,7)8/h1H3. The van der Waals surface area contributed by atoms with Crippen molar-refractivity contribution in [2.45, 2.75) is 17.3 Å². The Morgan fingerprint density at radius 3 is 2.00 bits per heavy atom. The number of hydrogen-bond acceptors (Lipinski definition) is 2. The van der Waals surface area contributed by atoms with Gasteiger partial charge in [-0.25, -0.2) is 4.79 Å². The Kier molecular flexibility index (Phi) is 2.77. The van der Waals surface area contributed by atoms with Crippen molar-refractivity contribution < 1.29 is 13.6 Å². The molecule has 58 valence electrons. The lowest BCUT2D eigenvalue weighted by Gasteiger charge is -2.19. The number of carbonyl (C=O) groups excluding carboxylic acids is 1. The molecule has 0 aromatic heterocycles. The van der Waals surface area contributed by atoms with Crippen LogP contribution in [0.1, 0.15) is 6.92 Å². The van der Waals surface area contributed by atoms with Crippen LogP contribution in [0.2, 0.25) is 0 Å². The Balaban J connectivity index is 4.56. The molecule has 0 aromatic rings. The topological polar surface area (TPSA) is 29.4 Å². The molecule has 0 spiro atoms. The summed E-state index contributed by atoms with van der Waals surface area (Å²) in [6.07, 6.45) is 0.893. The highest BCUT2D eigenvalue weighted by Gasteiger charge is 2.48. The molecule has 0 aromatic carbocycles. The van der Waals surface area contributed by atoms with Crippen LogP contribution in [-0.4, -0.2) is 16.5 Å². The molecule has 0 N–H and O–H groups in total. The Hall–Kier alpha value is -0.180. The first kappa shape index (κ1) is 9.82. The van der Waals surface area contributed by atoms with Crippen molar-refractivity contribution in [3.8, 4) is 0 Å². The predicted molar refractivity (Wildman–Crippen MR) is 33.2 cm³/mol. The van der Waals surface area contributed by atoms with Gasteiger partial charge in [0.2, 0.25) is 11.1 Å². The molecular weight excluding hydrogens is 187 g/mol. The van der Waals surface area contributed by atoms with E-state index in [2.05, 4.69) is 16.6 Å². The average molecular weight is 190 g/mol. The fourth-order valence-corrected chi connectivity index (χ4v) is 0.226. The fraction of sp³-hybridized carbons (Fsp3) is 0.750. The predicted octanol–water partition coefficient (Wildman–Crippen LogP) is 2.11. The van der Waals surface area contributed by atoms with Crippen molar-refractivity contribution >= 4 is 29.3 Å². The lowest BCUT2D eigenvalue weighted by Crippen LogP contribution is -2.33. The number of aliphatic imine (C=N–C) groups is 1. The van der Waals surface area contributed by atoms with Crippen LogP contribution in [0.4, 0.5) is 8.78 Å². The first-order valence-corrected chi connectivity index (χ1v) is 2.91. The zero-order valence-corrected chi connectivity index (χ0v) is 6.38. The van der Waals surface area contributed by atoms with Crippen molar-refractivity contribution in [2.75, 3.05) is 0 Å². The molecule has 0 heterocycles.